The van der Waals surface area contributed by atoms with Gasteiger partial charge in [0.2, 0.25) is 0 Å². The number of unbranched alkanes of at least 4 members (excludes halogenated alkanes) is 2. The molecule has 0 aromatic rings. The Balaban J connectivity index is 3.02. The largest absolute Gasteiger partial charge is 0.314 e. The van der Waals surface area contributed by atoms with Crippen LogP contribution in [0.5, 0.6) is 0 Å². The van der Waals surface area contributed by atoms with Gasteiger partial charge < -0.3 is 5.32 Å². The Bertz CT molecular complexity index is 71.3. The molecule has 0 aromatic carbocycles. The molecule has 0 fully saturated rings. The Morgan fingerprint density at radius 1 is 1.09 bits per heavy atom. The lowest BCUT2D eigenvalue weighted by atomic mass is 10.1. The van der Waals surface area contributed by atoms with E-state index in [2.05, 4.69) is 26.1 Å². The Hall–Kier alpha value is -0.0400. The maximum Gasteiger partial charge on any atom is 0.00387 e. The Kier molecular flexibility index (Phi) is 8.03. The molecule has 0 aliphatic heterocycles. The zero-order valence-corrected chi connectivity index (χ0v) is 8.32. The van der Waals surface area contributed by atoms with Crippen LogP contribution in [-0.2, 0) is 0 Å². The lowest BCUT2D eigenvalue weighted by molar-refractivity contribution is 0.488. The molecule has 0 aliphatic rings. The third kappa shape index (κ3) is 7.86. The highest BCUT2D eigenvalue weighted by Gasteiger charge is 1.97. The van der Waals surface area contributed by atoms with Crippen LogP contribution in [0.25, 0.3) is 0 Å². The van der Waals surface area contributed by atoms with Crippen molar-refractivity contribution in [2.75, 3.05) is 6.54 Å². The molecule has 0 saturated carbocycles. The first kappa shape index (κ1) is 11.0. The molecule has 0 aliphatic carbocycles. The van der Waals surface area contributed by atoms with Crippen LogP contribution in [-0.4, -0.2) is 12.6 Å². The van der Waals surface area contributed by atoms with E-state index >= 15 is 0 Å². The average molecular weight is 157 g/mol. The second kappa shape index (κ2) is 8.06. The van der Waals surface area contributed by atoms with E-state index in [1.54, 1.807) is 0 Å². The van der Waals surface area contributed by atoms with Crippen molar-refractivity contribution in [1.82, 2.24) is 5.32 Å². The Morgan fingerprint density at radius 3 is 2.27 bits per heavy atom. The number of hydrogen-bond donors (Lipinski definition) is 1. The van der Waals surface area contributed by atoms with E-state index in [4.69, 9.17) is 0 Å². The van der Waals surface area contributed by atoms with Crippen molar-refractivity contribution in [1.29, 1.82) is 0 Å². The van der Waals surface area contributed by atoms with Crippen LogP contribution < -0.4 is 5.32 Å². The van der Waals surface area contributed by atoms with Crippen LogP contribution in [0.1, 0.15) is 52.9 Å². The lowest BCUT2D eigenvalue weighted by Crippen LogP contribution is -2.26. The summed E-state index contributed by atoms with van der Waals surface area (Å²) in [6, 6.07) is 0.724. The normalized spacial score (nSPS) is 13.4. The second-order valence-corrected chi connectivity index (χ2v) is 3.35. The van der Waals surface area contributed by atoms with Crippen molar-refractivity contribution < 1.29 is 0 Å². The van der Waals surface area contributed by atoms with Crippen molar-refractivity contribution in [3.8, 4) is 0 Å². The Morgan fingerprint density at radius 2 is 1.73 bits per heavy atom. The van der Waals surface area contributed by atoms with E-state index in [0.717, 1.165) is 6.04 Å². The minimum Gasteiger partial charge on any atom is -0.314 e. The average Bonchev–Trinajstić information content (AvgIpc) is 2.01. The first-order chi connectivity index (χ1) is 5.31. The van der Waals surface area contributed by atoms with Crippen LogP contribution in [0, 0.1) is 0 Å². The summed E-state index contributed by atoms with van der Waals surface area (Å²) in [5.74, 6) is 0. The molecular weight excluding hydrogens is 134 g/mol. The molecule has 0 heterocycles. The van der Waals surface area contributed by atoms with Gasteiger partial charge >= 0.3 is 0 Å². The van der Waals surface area contributed by atoms with Crippen molar-refractivity contribution in [2.24, 2.45) is 0 Å². The van der Waals surface area contributed by atoms with Gasteiger partial charge in [0.1, 0.15) is 0 Å². The van der Waals surface area contributed by atoms with Crippen LogP contribution in [0.3, 0.4) is 0 Å². The van der Waals surface area contributed by atoms with Crippen molar-refractivity contribution in [3.63, 3.8) is 0 Å². The highest BCUT2D eigenvalue weighted by molar-refractivity contribution is 4.59. The predicted octanol–water partition coefficient (Wildman–Crippen LogP) is 2.95. The van der Waals surface area contributed by atoms with Crippen LogP contribution in [0.15, 0.2) is 0 Å². The monoisotopic (exact) mass is 157 g/mol. The van der Waals surface area contributed by atoms with E-state index in [0.29, 0.717) is 0 Å². The van der Waals surface area contributed by atoms with Crippen LogP contribution in [0.2, 0.25) is 0 Å². The lowest BCUT2D eigenvalue weighted by Gasteiger charge is -2.12. The predicted molar refractivity (Wildman–Crippen MR) is 51.9 cm³/mol. The summed E-state index contributed by atoms with van der Waals surface area (Å²) in [5.41, 5.74) is 0. The van der Waals surface area contributed by atoms with Gasteiger partial charge in [-0.3, -0.25) is 0 Å². The fourth-order valence-electron chi connectivity index (χ4n) is 1.14. The van der Waals surface area contributed by atoms with E-state index in [-0.39, 0.29) is 0 Å². The van der Waals surface area contributed by atoms with Gasteiger partial charge in [-0.2, -0.15) is 0 Å². The van der Waals surface area contributed by atoms with Gasteiger partial charge in [0.25, 0.3) is 0 Å². The number of rotatable bonds is 7. The molecule has 0 rings (SSSR count). The molecule has 1 nitrogen and oxygen atoms in total. The number of hydrogen-bond acceptors (Lipinski definition) is 1. The highest BCUT2D eigenvalue weighted by atomic mass is 14.9. The number of nitrogens with one attached hydrogen (secondary N) is 1. The van der Waals surface area contributed by atoms with Crippen molar-refractivity contribution in [3.05, 3.63) is 0 Å². The highest BCUT2D eigenvalue weighted by Crippen LogP contribution is 1.99. The summed E-state index contributed by atoms with van der Waals surface area (Å²) in [7, 11) is 0. The summed E-state index contributed by atoms with van der Waals surface area (Å²) >= 11 is 0. The van der Waals surface area contributed by atoms with Gasteiger partial charge in [-0.25, -0.2) is 0 Å². The standard InChI is InChI=1S/C10H23N/c1-4-6-8-10(3)11-9-7-5-2/h10-11H,4-9H2,1-3H3. The molecule has 1 unspecified atom stereocenters. The van der Waals surface area contributed by atoms with Gasteiger partial charge in [0.15, 0.2) is 0 Å². The molecule has 0 saturated heterocycles. The minimum atomic E-state index is 0.724. The first-order valence-electron chi connectivity index (χ1n) is 5.04. The maximum atomic E-state index is 3.52. The molecule has 0 aromatic heterocycles. The molecular formula is C10H23N. The van der Waals surface area contributed by atoms with Crippen molar-refractivity contribution >= 4 is 0 Å². The zero-order valence-electron chi connectivity index (χ0n) is 8.32. The molecule has 0 radical (unpaired) electrons. The SMILES string of the molecule is CCCCNC(C)CCCC. The van der Waals surface area contributed by atoms with Gasteiger partial charge in [-0.05, 0) is 26.3 Å². The zero-order chi connectivity index (χ0) is 8.53. The molecule has 0 bridgehead atoms. The molecule has 1 heteroatoms. The summed E-state index contributed by atoms with van der Waals surface area (Å²) < 4.78 is 0. The quantitative estimate of drug-likeness (QED) is 0.560. The van der Waals surface area contributed by atoms with E-state index in [1.165, 1.54) is 38.6 Å². The van der Waals surface area contributed by atoms with E-state index in [1.807, 2.05) is 0 Å². The summed E-state index contributed by atoms with van der Waals surface area (Å²) in [6.07, 6.45) is 6.63. The minimum absolute atomic E-state index is 0.724. The summed E-state index contributed by atoms with van der Waals surface area (Å²) in [6.45, 7) is 7.96. The van der Waals surface area contributed by atoms with Gasteiger partial charge in [-0.1, -0.05) is 33.1 Å². The molecule has 68 valence electrons. The van der Waals surface area contributed by atoms with Crippen LogP contribution >= 0.6 is 0 Å². The molecule has 1 N–H and O–H groups in total. The second-order valence-electron chi connectivity index (χ2n) is 3.35. The van der Waals surface area contributed by atoms with Crippen molar-refractivity contribution in [2.45, 2.75) is 58.9 Å². The molecule has 0 amide bonds. The fourth-order valence-corrected chi connectivity index (χ4v) is 1.14. The van der Waals surface area contributed by atoms with Gasteiger partial charge in [-0.15, -0.1) is 0 Å². The Labute approximate surface area is 71.6 Å². The topological polar surface area (TPSA) is 12.0 Å². The first-order valence-corrected chi connectivity index (χ1v) is 5.04. The molecule has 11 heavy (non-hydrogen) atoms. The van der Waals surface area contributed by atoms with Crippen LogP contribution in [0.4, 0.5) is 0 Å². The third-order valence-electron chi connectivity index (χ3n) is 2.01. The maximum absolute atomic E-state index is 3.52. The van der Waals surface area contributed by atoms with E-state index in [9.17, 15) is 0 Å². The summed E-state index contributed by atoms with van der Waals surface area (Å²) in [4.78, 5) is 0. The van der Waals surface area contributed by atoms with E-state index < -0.39 is 0 Å². The smallest absolute Gasteiger partial charge is 0.00387 e. The third-order valence-corrected chi connectivity index (χ3v) is 2.01. The fraction of sp³-hybridized carbons (Fsp3) is 1.00. The molecule has 1 atom stereocenters. The summed E-state index contributed by atoms with van der Waals surface area (Å²) in [5, 5.41) is 3.52. The molecule has 0 spiro atoms. The van der Waals surface area contributed by atoms with Gasteiger partial charge in [0, 0.05) is 6.04 Å². The van der Waals surface area contributed by atoms with Gasteiger partial charge in [0.05, 0.1) is 0 Å².